The fraction of sp³-hybridized carbons (Fsp3) is 0.952. The van der Waals surface area contributed by atoms with E-state index in [1.54, 1.807) is 6.92 Å². The number of ether oxygens (including phenoxy) is 1. The van der Waals surface area contributed by atoms with Gasteiger partial charge in [0.2, 0.25) is 0 Å². The van der Waals surface area contributed by atoms with E-state index in [4.69, 9.17) is 4.74 Å². The Morgan fingerprint density at radius 2 is 1.72 bits per heavy atom. The molecule has 4 saturated carbocycles. The van der Waals surface area contributed by atoms with Crippen molar-refractivity contribution in [1.82, 2.24) is 0 Å². The van der Waals surface area contributed by atoms with Crippen LogP contribution in [0.25, 0.3) is 0 Å². The van der Waals surface area contributed by atoms with Crippen LogP contribution < -0.4 is 0 Å². The molecule has 0 amide bonds. The SMILES string of the molecule is CC(=O)OC1(Br)CC[C@H]2[C@@H]3CCC4CC(Br)CC[C@]4(C)[C@@H]3CC[C@@]21C. The van der Waals surface area contributed by atoms with Crippen LogP contribution in [-0.2, 0) is 9.53 Å². The Bertz CT molecular complexity index is 566. The third-order valence-electron chi connectivity index (χ3n) is 8.93. The van der Waals surface area contributed by atoms with Crippen LogP contribution in [0.5, 0.6) is 0 Å². The summed E-state index contributed by atoms with van der Waals surface area (Å²) < 4.78 is 5.43. The number of hydrogen-bond donors (Lipinski definition) is 0. The number of carbonyl (C=O) groups is 1. The highest BCUT2D eigenvalue weighted by Crippen LogP contribution is 2.70. The molecular formula is C21H32Br2O2. The maximum Gasteiger partial charge on any atom is 0.304 e. The van der Waals surface area contributed by atoms with Gasteiger partial charge in [-0.1, -0.05) is 29.8 Å². The van der Waals surface area contributed by atoms with E-state index in [1.165, 1.54) is 51.4 Å². The van der Waals surface area contributed by atoms with E-state index in [9.17, 15) is 4.79 Å². The number of alkyl halides is 2. The van der Waals surface area contributed by atoms with Gasteiger partial charge in [0.15, 0.2) is 4.51 Å². The van der Waals surface area contributed by atoms with Gasteiger partial charge in [0.25, 0.3) is 0 Å². The van der Waals surface area contributed by atoms with Crippen LogP contribution in [0.15, 0.2) is 0 Å². The predicted octanol–water partition coefficient (Wildman–Crippen LogP) is 6.45. The lowest BCUT2D eigenvalue weighted by molar-refractivity contribution is -0.165. The zero-order valence-electron chi connectivity index (χ0n) is 15.8. The first kappa shape index (κ1) is 18.8. The Hall–Kier alpha value is 0.430. The molecule has 0 bridgehead atoms. The molecule has 0 aliphatic heterocycles. The van der Waals surface area contributed by atoms with Crippen molar-refractivity contribution in [3.05, 3.63) is 0 Å². The summed E-state index contributed by atoms with van der Waals surface area (Å²) in [6.45, 7) is 6.55. The van der Waals surface area contributed by atoms with Crippen LogP contribution in [-0.4, -0.2) is 15.3 Å². The largest absolute Gasteiger partial charge is 0.447 e. The van der Waals surface area contributed by atoms with Crippen LogP contribution >= 0.6 is 31.9 Å². The topological polar surface area (TPSA) is 26.3 Å². The number of rotatable bonds is 1. The summed E-state index contributed by atoms with van der Waals surface area (Å²) in [5.74, 6) is 3.15. The third-order valence-corrected chi connectivity index (χ3v) is 11.2. The molecule has 4 heteroatoms. The molecule has 2 nitrogen and oxygen atoms in total. The van der Waals surface area contributed by atoms with Crippen molar-refractivity contribution in [3.8, 4) is 0 Å². The lowest BCUT2D eigenvalue weighted by Gasteiger charge is -2.61. The first-order valence-electron chi connectivity index (χ1n) is 10.2. The summed E-state index contributed by atoms with van der Waals surface area (Å²) in [5, 5.41) is 0. The molecule has 8 atom stereocenters. The van der Waals surface area contributed by atoms with Gasteiger partial charge in [-0.2, -0.15) is 0 Å². The number of esters is 1. The highest BCUT2D eigenvalue weighted by molar-refractivity contribution is 9.10. The van der Waals surface area contributed by atoms with E-state index in [0.29, 0.717) is 11.3 Å². The summed E-state index contributed by atoms with van der Waals surface area (Å²) in [6.07, 6.45) is 11.6. The second kappa shape index (κ2) is 6.22. The Morgan fingerprint density at radius 1 is 1.00 bits per heavy atom. The van der Waals surface area contributed by atoms with Gasteiger partial charge in [0.1, 0.15) is 0 Å². The molecule has 142 valence electrons. The Labute approximate surface area is 169 Å². The number of carbonyl (C=O) groups excluding carboxylic acids is 1. The molecule has 0 heterocycles. The van der Waals surface area contributed by atoms with Crippen molar-refractivity contribution < 1.29 is 9.53 Å². The Balaban J connectivity index is 1.61. The predicted molar refractivity (Wildman–Crippen MR) is 108 cm³/mol. The van der Waals surface area contributed by atoms with Gasteiger partial charge in [-0.3, -0.25) is 4.79 Å². The van der Waals surface area contributed by atoms with Crippen LogP contribution in [0.4, 0.5) is 0 Å². The molecule has 4 rings (SSSR count). The summed E-state index contributed by atoms with van der Waals surface area (Å²) in [6, 6.07) is 0. The molecule has 0 saturated heterocycles. The highest BCUT2D eigenvalue weighted by atomic mass is 79.9. The molecule has 25 heavy (non-hydrogen) atoms. The van der Waals surface area contributed by atoms with Gasteiger partial charge in [0, 0.05) is 17.2 Å². The average Bonchev–Trinajstić information content (AvgIpc) is 2.79. The van der Waals surface area contributed by atoms with Crippen molar-refractivity contribution in [2.45, 2.75) is 87.9 Å². The van der Waals surface area contributed by atoms with Gasteiger partial charge in [-0.15, -0.1) is 0 Å². The van der Waals surface area contributed by atoms with Crippen LogP contribution in [0.3, 0.4) is 0 Å². The number of fused-ring (bicyclic) bond motifs is 5. The molecule has 0 aromatic rings. The van der Waals surface area contributed by atoms with Crippen LogP contribution in [0.1, 0.15) is 78.6 Å². The van der Waals surface area contributed by atoms with Crippen LogP contribution in [0.2, 0.25) is 0 Å². The number of hydrogen-bond acceptors (Lipinski definition) is 2. The highest BCUT2D eigenvalue weighted by Gasteiger charge is 2.65. The summed E-state index contributed by atoms with van der Waals surface area (Å²) in [4.78, 5) is 12.5. The maximum absolute atomic E-state index is 11.7. The molecular weight excluding hydrogens is 444 g/mol. The Kier molecular flexibility index (Phi) is 4.67. The van der Waals surface area contributed by atoms with E-state index in [2.05, 4.69) is 45.7 Å². The van der Waals surface area contributed by atoms with Crippen molar-refractivity contribution in [2.24, 2.45) is 34.5 Å². The lowest BCUT2D eigenvalue weighted by atomic mass is 9.45. The first-order chi connectivity index (χ1) is 11.7. The first-order valence-corrected chi connectivity index (χ1v) is 11.9. The molecule has 4 aliphatic rings. The maximum atomic E-state index is 11.7. The molecule has 0 spiro atoms. The fourth-order valence-corrected chi connectivity index (χ4v) is 9.17. The molecule has 0 aromatic heterocycles. The molecule has 3 unspecified atom stereocenters. The monoisotopic (exact) mass is 474 g/mol. The second-order valence-electron chi connectivity index (χ2n) is 9.85. The van der Waals surface area contributed by atoms with Gasteiger partial charge in [0.05, 0.1) is 0 Å². The lowest BCUT2D eigenvalue weighted by Crippen LogP contribution is -2.56. The van der Waals surface area contributed by atoms with E-state index in [-0.39, 0.29) is 11.4 Å². The molecule has 0 aromatic carbocycles. The minimum atomic E-state index is -0.438. The average molecular weight is 476 g/mol. The molecule has 4 fully saturated rings. The van der Waals surface area contributed by atoms with Gasteiger partial charge in [-0.25, -0.2) is 0 Å². The van der Waals surface area contributed by atoms with Gasteiger partial charge >= 0.3 is 5.97 Å². The minimum absolute atomic E-state index is 0.0929. The third kappa shape index (κ3) is 2.70. The van der Waals surface area contributed by atoms with E-state index in [0.717, 1.165) is 29.0 Å². The fourth-order valence-electron chi connectivity index (χ4n) is 7.54. The zero-order valence-corrected chi connectivity index (χ0v) is 19.0. The van der Waals surface area contributed by atoms with E-state index in [1.807, 2.05) is 0 Å². The Morgan fingerprint density at radius 3 is 2.44 bits per heavy atom. The quantitative estimate of drug-likeness (QED) is 0.321. The number of halogens is 2. The molecule has 0 radical (unpaired) electrons. The normalized spacial score (nSPS) is 55.0. The standard InChI is InChI=1S/C21H32Br2O2/c1-13(24)25-21(23)11-8-18-16-5-4-14-12-15(22)6-9-19(14,2)17(16)7-10-20(18,21)3/h14-18H,4-12H2,1-3H3/t14?,15?,16-,17-,18+,19+,20+,21?/m1/s1. The molecule has 4 aliphatic carbocycles. The van der Waals surface area contributed by atoms with E-state index >= 15 is 0 Å². The summed E-state index contributed by atoms with van der Waals surface area (Å²) >= 11 is 7.80. The summed E-state index contributed by atoms with van der Waals surface area (Å²) in [7, 11) is 0. The van der Waals surface area contributed by atoms with E-state index < -0.39 is 4.51 Å². The van der Waals surface area contributed by atoms with Crippen molar-refractivity contribution >= 4 is 37.8 Å². The van der Waals surface area contributed by atoms with Crippen molar-refractivity contribution in [1.29, 1.82) is 0 Å². The van der Waals surface area contributed by atoms with Gasteiger partial charge in [-0.05, 0) is 103 Å². The smallest absolute Gasteiger partial charge is 0.304 e. The minimum Gasteiger partial charge on any atom is -0.447 e. The second-order valence-corrected chi connectivity index (χ2v) is 12.4. The summed E-state index contributed by atoms with van der Waals surface area (Å²) in [5.41, 5.74) is 0.628. The van der Waals surface area contributed by atoms with Crippen LogP contribution in [0, 0.1) is 34.5 Å². The van der Waals surface area contributed by atoms with Gasteiger partial charge < -0.3 is 4.74 Å². The van der Waals surface area contributed by atoms with Crippen molar-refractivity contribution in [2.75, 3.05) is 0 Å². The zero-order chi connectivity index (χ0) is 18.0. The molecule has 0 N–H and O–H groups in total. The van der Waals surface area contributed by atoms with Crippen molar-refractivity contribution in [3.63, 3.8) is 0 Å².